The van der Waals surface area contributed by atoms with Gasteiger partial charge in [-0.15, -0.1) is 0 Å². The van der Waals surface area contributed by atoms with Gasteiger partial charge in [-0.3, -0.25) is 4.79 Å². The van der Waals surface area contributed by atoms with Crippen LogP contribution in [0.15, 0.2) is 66.7 Å². The predicted molar refractivity (Wildman–Crippen MR) is 94.3 cm³/mol. The molecule has 2 rings (SSSR count). The number of benzene rings is 2. The van der Waals surface area contributed by atoms with Gasteiger partial charge in [0.25, 0.3) is 0 Å². The van der Waals surface area contributed by atoms with Gasteiger partial charge in [0.2, 0.25) is 0 Å². The highest BCUT2D eigenvalue weighted by Gasteiger charge is 2.11. The summed E-state index contributed by atoms with van der Waals surface area (Å²) in [7, 11) is 0. The highest BCUT2D eigenvalue weighted by Crippen LogP contribution is 2.04. The summed E-state index contributed by atoms with van der Waals surface area (Å²) in [6, 6.07) is 18.7. The molecule has 0 aromatic heterocycles. The van der Waals surface area contributed by atoms with Crippen LogP contribution < -0.4 is 5.32 Å². The first kappa shape index (κ1) is 17.5. The number of carbonyl (C=O) groups is 2. The fourth-order valence-electron chi connectivity index (χ4n) is 2.14. The fraction of sp³-hybridized carbons (Fsp3) is 0.200. The van der Waals surface area contributed by atoms with E-state index in [1.165, 1.54) is 6.08 Å². The van der Waals surface area contributed by atoms with Crippen molar-refractivity contribution in [3.8, 4) is 0 Å². The first-order valence-electron chi connectivity index (χ1n) is 7.86. The van der Waals surface area contributed by atoms with E-state index in [2.05, 4.69) is 5.32 Å². The van der Waals surface area contributed by atoms with Crippen LogP contribution in [0.2, 0.25) is 0 Å². The minimum Gasteiger partial charge on any atom is -0.445 e. The molecule has 2 aromatic carbocycles. The van der Waals surface area contributed by atoms with Gasteiger partial charge in [0, 0.05) is 12.5 Å². The van der Waals surface area contributed by atoms with Crippen LogP contribution >= 0.6 is 0 Å². The Morgan fingerprint density at radius 2 is 1.67 bits per heavy atom. The molecule has 0 aliphatic heterocycles. The summed E-state index contributed by atoms with van der Waals surface area (Å²) in [5.41, 5.74) is 1.89. The molecule has 4 nitrogen and oxygen atoms in total. The number of alkyl carbamates (subject to hydrolysis) is 1. The molecule has 0 saturated carbocycles. The Morgan fingerprint density at radius 3 is 2.33 bits per heavy atom. The molecule has 0 aliphatic carbocycles. The number of hydrogen-bond donors (Lipinski definition) is 1. The Hall–Kier alpha value is -2.88. The van der Waals surface area contributed by atoms with Crippen LogP contribution in [0.4, 0.5) is 4.79 Å². The third-order valence-electron chi connectivity index (χ3n) is 3.35. The lowest BCUT2D eigenvalue weighted by Crippen LogP contribution is -2.34. The number of hydrogen-bond acceptors (Lipinski definition) is 3. The number of allylic oxidation sites excluding steroid dienone is 1. The third-order valence-corrected chi connectivity index (χ3v) is 3.35. The zero-order valence-corrected chi connectivity index (χ0v) is 13.6. The highest BCUT2D eigenvalue weighted by atomic mass is 16.5. The second-order valence-electron chi connectivity index (χ2n) is 5.52. The van der Waals surface area contributed by atoms with E-state index in [0.29, 0.717) is 0 Å². The Kier molecular flexibility index (Phi) is 6.77. The largest absolute Gasteiger partial charge is 0.445 e. The molecule has 0 saturated heterocycles. The Morgan fingerprint density at radius 1 is 1.04 bits per heavy atom. The molecule has 124 valence electrons. The van der Waals surface area contributed by atoms with Crippen molar-refractivity contribution in [2.24, 2.45) is 0 Å². The van der Waals surface area contributed by atoms with Gasteiger partial charge in [-0.25, -0.2) is 4.79 Å². The van der Waals surface area contributed by atoms with Crippen molar-refractivity contribution < 1.29 is 14.3 Å². The van der Waals surface area contributed by atoms with Gasteiger partial charge in [-0.05, 0) is 24.1 Å². The van der Waals surface area contributed by atoms with Crippen molar-refractivity contribution >= 4 is 18.0 Å². The average Bonchev–Trinajstić information content (AvgIpc) is 2.60. The molecule has 0 unspecified atom stereocenters. The molecular weight excluding hydrogens is 302 g/mol. The molecule has 1 atom stereocenters. The molecular formula is C20H21NO3. The lowest BCUT2D eigenvalue weighted by atomic mass is 10.1. The van der Waals surface area contributed by atoms with E-state index in [1.807, 2.05) is 60.7 Å². The summed E-state index contributed by atoms with van der Waals surface area (Å²) in [5, 5.41) is 2.66. The summed E-state index contributed by atoms with van der Waals surface area (Å²) < 4.78 is 5.13. The summed E-state index contributed by atoms with van der Waals surface area (Å²) in [6.07, 6.45) is 3.00. The molecule has 24 heavy (non-hydrogen) atoms. The van der Waals surface area contributed by atoms with E-state index < -0.39 is 6.09 Å². The van der Waals surface area contributed by atoms with E-state index in [-0.39, 0.29) is 24.9 Å². The van der Waals surface area contributed by atoms with E-state index in [0.717, 1.165) is 11.1 Å². The molecule has 0 spiro atoms. The molecule has 0 fully saturated rings. The second-order valence-corrected chi connectivity index (χ2v) is 5.52. The standard InChI is InChI=1S/C20H21NO3/c1-16(14-19(22)13-12-17-8-4-2-5-9-17)21-20(23)24-15-18-10-6-3-7-11-18/h2-13,16H,14-15H2,1H3,(H,21,23)/b13-12+/t16-/m1/s1. The molecule has 1 amide bonds. The Bertz CT molecular complexity index is 681. The quantitative estimate of drug-likeness (QED) is 0.784. The first-order valence-corrected chi connectivity index (χ1v) is 7.86. The third kappa shape index (κ3) is 6.48. The van der Waals surface area contributed by atoms with Crippen molar-refractivity contribution in [2.45, 2.75) is 26.0 Å². The molecule has 0 bridgehead atoms. The van der Waals surface area contributed by atoms with Gasteiger partial charge in [-0.2, -0.15) is 0 Å². The second kappa shape index (κ2) is 9.30. The predicted octanol–water partition coefficient (Wildman–Crippen LogP) is 3.97. The summed E-state index contributed by atoms with van der Waals surface area (Å²) in [4.78, 5) is 23.6. The molecule has 2 aromatic rings. The summed E-state index contributed by atoms with van der Waals surface area (Å²) in [6.45, 7) is 1.99. The van der Waals surface area contributed by atoms with Crippen LogP contribution in [0.5, 0.6) is 0 Å². The Labute approximate surface area is 142 Å². The van der Waals surface area contributed by atoms with Crippen LogP contribution in [0.25, 0.3) is 6.08 Å². The van der Waals surface area contributed by atoms with Gasteiger partial charge < -0.3 is 10.1 Å². The minimum atomic E-state index is -0.522. The number of amides is 1. The van der Waals surface area contributed by atoms with Crippen LogP contribution in [-0.2, 0) is 16.1 Å². The molecule has 4 heteroatoms. The zero-order chi connectivity index (χ0) is 17.2. The minimum absolute atomic E-state index is 0.0466. The molecule has 0 radical (unpaired) electrons. The van der Waals surface area contributed by atoms with Crippen molar-refractivity contribution in [3.63, 3.8) is 0 Å². The van der Waals surface area contributed by atoms with Crippen molar-refractivity contribution in [1.29, 1.82) is 0 Å². The van der Waals surface area contributed by atoms with Crippen LogP contribution in [-0.4, -0.2) is 17.9 Å². The summed E-state index contributed by atoms with van der Waals surface area (Å²) in [5.74, 6) is -0.0466. The average molecular weight is 323 g/mol. The van der Waals surface area contributed by atoms with Crippen LogP contribution in [0, 0.1) is 0 Å². The van der Waals surface area contributed by atoms with Crippen molar-refractivity contribution in [1.82, 2.24) is 5.32 Å². The molecule has 0 heterocycles. The van der Waals surface area contributed by atoms with Gasteiger partial charge >= 0.3 is 6.09 Å². The topological polar surface area (TPSA) is 55.4 Å². The maximum absolute atomic E-state index is 11.9. The molecule has 0 aliphatic rings. The van der Waals surface area contributed by atoms with Crippen LogP contribution in [0.1, 0.15) is 24.5 Å². The first-order chi connectivity index (χ1) is 11.6. The SMILES string of the molecule is C[C@H](CC(=O)/C=C/c1ccccc1)NC(=O)OCc1ccccc1. The zero-order valence-electron chi connectivity index (χ0n) is 13.6. The number of carbonyl (C=O) groups excluding carboxylic acids is 2. The fourth-order valence-corrected chi connectivity index (χ4v) is 2.14. The van der Waals surface area contributed by atoms with Crippen LogP contribution in [0.3, 0.4) is 0 Å². The van der Waals surface area contributed by atoms with Gasteiger partial charge in [-0.1, -0.05) is 66.7 Å². The van der Waals surface area contributed by atoms with Crippen molar-refractivity contribution in [3.05, 3.63) is 77.9 Å². The van der Waals surface area contributed by atoms with E-state index in [1.54, 1.807) is 13.0 Å². The van der Waals surface area contributed by atoms with Gasteiger partial charge in [0.15, 0.2) is 5.78 Å². The Balaban J connectivity index is 1.71. The maximum atomic E-state index is 11.9. The molecule has 1 N–H and O–H groups in total. The maximum Gasteiger partial charge on any atom is 0.407 e. The lowest BCUT2D eigenvalue weighted by molar-refractivity contribution is -0.114. The monoisotopic (exact) mass is 323 g/mol. The van der Waals surface area contributed by atoms with E-state index in [9.17, 15) is 9.59 Å². The lowest BCUT2D eigenvalue weighted by Gasteiger charge is -2.12. The highest BCUT2D eigenvalue weighted by molar-refractivity contribution is 5.94. The number of ether oxygens (including phenoxy) is 1. The number of ketones is 1. The van der Waals surface area contributed by atoms with E-state index in [4.69, 9.17) is 4.74 Å². The normalized spacial score (nSPS) is 11.9. The van der Waals surface area contributed by atoms with Gasteiger partial charge in [0.1, 0.15) is 6.61 Å². The smallest absolute Gasteiger partial charge is 0.407 e. The summed E-state index contributed by atoms with van der Waals surface area (Å²) >= 11 is 0. The van der Waals surface area contributed by atoms with E-state index >= 15 is 0 Å². The van der Waals surface area contributed by atoms with Crippen molar-refractivity contribution in [2.75, 3.05) is 0 Å². The number of nitrogens with one attached hydrogen (secondary N) is 1. The van der Waals surface area contributed by atoms with Gasteiger partial charge in [0.05, 0.1) is 0 Å². The number of rotatable bonds is 7.